The topological polar surface area (TPSA) is 129 Å². The first-order valence-corrected chi connectivity index (χ1v) is 18.0. The number of carbonyl (C=O) groups is 1. The monoisotopic (exact) mass is 733 g/mol. The van der Waals surface area contributed by atoms with Crippen molar-refractivity contribution in [3.63, 3.8) is 0 Å². The average molecular weight is 734 g/mol. The Labute approximate surface area is 299 Å². The lowest BCUT2D eigenvalue weighted by Crippen LogP contribution is -2.57. The van der Waals surface area contributed by atoms with Gasteiger partial charge < -0.3 is 20.3 Å². The number of nitriles is 1. The fourth-order valence-electron chi connectivity index (χ4n) is 8.71. The van der Waals surface area contributed by atoms with Crippen LogP contribution in [0.1, 0.15) is 37.8 Å². The van der Waals surface area contributed by atoms with E-state index in [1.165, 1.54) is 16.7 Å². The molecule has 2 bridgehead atoms. The van der Waals surface area contributed by atoms with Gasteiger partial charge in [-0.15, -0.1) is 0 Å². The fraction of sp³-hybridized carbons (Fsp3) is 0.400. The van der Waals surface area contributed by atoms with Crippen LogP contribution >= 0.6 is 22.9 Å². The van der Waals surface area contributed by atoms with Gasteiger partial charge in [-0.25, -0.2) is 22.9 Å². The maximum Gasteiger partial charge on any atom is 0.329 e. The number of piperazine rings is 1. The zero-order valence-corrected chi connectivity index (χ0v) is 28.7. The van der Waals surface area contributed by atoms with E-state index in [4.69, 9.17) is 27.1 Å². The van der Waals surface area contributed by atoms with Crippen molar-refractivity contribution in [1.82, 2.24) is 29.3 Å². The number of alkyl halides is 1. The summed E-state index contributed by atoms with van der Waals surface area (Å²) in [5, 5.41) is 10.1. The lowest BCUT2D eigenvalue weighted by atomic mass is 9.95. The van der Waals surface area contributed by atoms with Gasteiger partial charge in [0.15, 0.2) is 10.9 Å². The van der Waals surface area contributed by atoms with Gasteiger partial charge in [0.25, 0.3) is 0 Å². The molecule has 4 aliphatic heterocycles. The number of ether oxygens (including phenoxy) is 1. The minimum atomic E-state index is -0.957. The number of rotatable bonds is 5. The quantitative estimate of drug-likeness (QED) is 0.219. The van der Waals surface area contributed by atoms with Gasteiger partial charge in [0.1, 0.15) is 41.7 Å². The molecule has 2 aromatic carbocycles. The molecule has 5 aromatic rings. The first-order valence-electron chi connectivity index (χ1n) is 16.9. The van der Waals surface area contributed by atoms with Crippen molar-refractivity contribution in [2.24, 2.45) is 0 Å². The molecule has 51 heavy (non-hydrogen) atoms. The average Bonchev–Trinajstić information content (AvgIpc) is 3.93. The molecular weight excluding hydrogens is 703 g/mol. The number of benzene rings is 2. The third kappa shape index (κ3) is 5.09. The van der Waals surface area contributed by atoms with Gasteiger partial charge in [-0.2, -0.15) is 15.2 Å². The first-order chi connectivity index (χ1) is 24.6. The zero-order chi connectivity index (χ0) is 35.2. The number of amides is 1. The molecule has 2 unspecified atom stereocenters. The van der Waals surface area contributed by atoms with E-state index in [0.29, 0.717) is 37.3 Å². The summed E-state index contributed by atoms with van der Waals surface area (Å²) in [5.74, 6) is -0.900. The Morgan fingerprint density at radius 2 is 1.94 bits per heavy atom. The van der Waals surface area contributed by atoms with Gasteiger partial charge in [-0.1, -0.05) is 22.9 Å². The van der Waals surface area contributed by atoms with E-state index in [2.05, 4.69) is 20.9 Å². The summed E-state index contributed by atoms with van der Waals surface area (Å²) in [6, 6.07) is 8.85. The van der Waals surface area contributed by atoms with Crippen molar-refractivity contribution < 1.29 is 22.7 Å². The summed E-state index contributed by atoms with van der Waals surface area (Å²) < 4.78 is 54.1. The summed E-state index contributed by atoms with van der Waals surface area (Å²) in [4.78, 5) is 33.3. The predicted octanol–water partition coefficient (Wildman–Crippen LogP) is 6.37. The molecule has 4 saturated heterocycles. The molecule has 4 fully saturated rings. The van der Waals surface area contributed by atoms with Crippen LogP contribution in [0, 0.1) is 23.0 Å². The van der Waals surface area contributed by atoms with E-state index >= 15 is 4.39 Å². The Kier molecular flexibility index (Phi) is 7.57. The Bertz CT molecular complexity index is 2280. The minimum absolute atomic E-state index is 0.0119. The Balaban J connectivity index is 1.14. The van der Waals surface area contributed by atoms with E-state index in [-0.39, 0.29) is 73.4 Å². The third-order valence-corrected chi connectivity index (χ3v) is 12.1. The van der Waals surface area contributed by atoms with E-state index in [9.17, 15) is 18.8 Å². The summed E-state index contributed by atoms with van der Waals surface area (Å²) in [5.41, 5.74) is 6.08. The van der Waals surface area contributed by atoms with Crippen LogP contribution in [0.2, 0.25) is 5.02 Å². The Morgan fingerprint density at radius 1 is 1.14 bits per heavy atom. The van der Waals surface area contributed by atoms with Crippen LogP contribution in [-0.4, -0.2) is 91.9 Å². The van der Waals surface area contributed by atoms with Crippen molar-refractivity contribution in [2.75, 3.05) is 43.4 Å². The number of fused-ring (bicyclic) bond motifs is 5. The normalized spacial score (nSPS) is 24.5. The van der Waals surface area contributed by atoms with Crippen LogP contribution in [0.5, 0.6) is 6.01 Å². The van der Waals surface area contributed by atoms with Gasteiger partial charge >= 0.3 is 12.0 Å². The van der Waals surface area contributed by atoms with Gasteiger partial charge in [0.05, 0.1) is 32.9 Å². The van der Waals surface area contributed by atoms with Crippen LogP contribution in [-0.2, 0) is 0 Å². The molecule has 0 aliphatic carbocycles. The SMILES string of the molecule is N#Cc1cccn1C(=O)N1C2CCC1CN(c1nc(OC[C@@]34CCCN3C[C@H](F)C4)nc3c(F)c(-c4ccc(F)c5sc(N)nc45)c(Cl)cc13)C2. The number of hydrogen-bond acceptors (Lipinski definition) is 10. The molecule has 4 atom stereocenters. The number of nitrogens with two attached hydrogens (primary N) is 1. The lowest BCUT2D eigenvalue weighted by molar-refractivity contribution is 0.107. The second kappa shape index (κ2) is 12.0. The van der Waals surface area contributed by atoms with E-state index in [1.807, 2.05) is 9.80 Å². The Hall–Kier alpha value is -4.65. The maximum absolute atomic E-state index is 17.0. The second-order valence-electron chi connectivity index (χ2n) is 13.8. The molecular formula is C35H31ClF3N9O2S. The van der Waals surface area contributed by atoms with Crippen LogP contribution in [0.25, 0.3) is 32.2 Å². The maximum atomic E-state index is 17.0. The van der Waals surface area contributed by atoms with E-state index in [0.717, 1.165) is 43.6 Å². The molecule has 7 heterocycles. The van der Waals surface area contributed by atoms with Gasteiger partial charge in [-0.05, 0) is 62.6 Å². The van der Waals surface area contributed by atoms with Gasteiger partial charge in [0.2, 0.25) is 0 Å². The zero-order valence-electron chi connectivity index (χ0n) is 27.2. The highest BCUT2D eigenvalue weighted by atomic mass is 35.5. The standard InChI is InChI=1S/C35H31ClF3N9O2S/c36-24-11-23-28(27(39)26(24)22-6-7-25(38)30-29(22)42-32(41)51-30)43-33(50-17-35-8-2-9-46(35)14-18(37)12-35)44-31(23)45-15-20-4-5-21(16-45)48(20)34(49)47-10-1-3-19(47)13-40/h1,3,6-7,10-11,18,20-21H,2,4-5,8-9,12,14-17H2,(H2,41,42)/t18-,20?,21?,35+/m1/s1. The molecule has 4 aliphatic rings. The number of carbonyl (C=O) groups excluding carboxylic acids is 1. The fourth-order valence-corrected chi connectivity index (χ4v) is 9.76. The predicted molar refractivity (Wildman–Crippen MR) is 187 cm³/mol. The van der Waals surface area contributed by atoms with Crippen LogP contribution in [0.3, 0.4) is 0 Å². The molecule has 0 saturated carbocycles. The Morgan fingerprint density at radius 3 is 2.73 bits per heavy atom. The lowest BCUT2D eigenvalue weighted by Gasteiger charge is -2.41. The molecule has 9 rings (SSSR count). The van der Waals surface area contributed by atoms with Gasteiger partial charge in [-0.3, -0.25) is 9.47 Å². The van der Waals surface area contributed by atoms with Crippen molar-refractivity contribution in [2.45, 2.75) is 55.9 Å². The molecule has 0 spiro atoms. The van der Waals surface area contributed by atoms with Crippen molar-refractivity contribution >= 4 is 61.0 Å². The highest BCUT2D eigenvalue weighted by Crippen LogP contribution is 2.45. The number of anilines is 2. The third-order valence-electron chi connectivity index (χ3n) is 10.9. The second-order valence-corrected chi connectivity index (χ2v) is 15.3. The van der Waals surface area contributed by atoms with Crippen LogP contribution < -0.4 is 15.4 Å². The molecule has 3 aromatic heterocycles. The van der Waals surface area contributed by atoms with E-state index < -0.39 is 23.3 Å². The largest absolute Gasteiger partial charge is 0.461 e. The van der Waals surface area contributed by atoms with Crippen molar-refractivity contribution in [3.8, 4) is 23.2 Å². The summed E-state index contributed by atoms with van der Waals surface area (Å²) >= 11 is 7.82. The number of halogens is 4. The molecule has 0 radical (unpaired) electrons. The molecule has 1 amide bonds. The molecule has 2 N–H and O–H groups in total. The van der Waals surface area contributed by atoms with E-state index in [1.54, 1.807) is 24.4 Å². The van der Waals surface area contributed by atoms with Crippen molar-refractivity contribution in [1.29, 1.82) is 5.26 Å². The van der Waals surface area contributed by atoms with Gasteiger partial charge in [0, 0.05) is 48.8 Å². The number of thiazole rings is 1. The molecule has 262 valence electrons. The number of nitrogen functional groups attached to an aromatic ring is 1. The highest BCUT2D eigenvalue weighted by molar-refractivity contribution is 7.22. The summed E-state index contributed by atoms with van der Waals surface area (Å²) in [6.45, 7) is 2.04. The first kappa shape index (κ1) is 32.3. The highest BCUT2D eigenvalue weighted by Gasteiger charge is 2.50. The molecule has 16 heteroatoms. The summed E-state index contributed by atoms with van der Waals surface area (Å²) in [6.07, 6.45) is 4.14. The number of hydrogen-bond donors (Lipinski definition) is 1. The van der Waals surface area contributed by atoms with Crippen LogP contribution in [0.4, 0.5) is 28.9 Å². The summed E-state index contributed by atoms with van der Waals surface area (Å²) in [7, 11) is 0. The van der Waals surface area contributed by atoms with Crippen molar-refractivity contribution in [3.05, 3.63) is 58.9 Å². The number of aromatic nitrogens is 4. The molecule has 11 nitrogen and oxygen atoms in total. The minimum Gasteiger partial charge on any atom is -0.461 e. The smallest absolute Gasteiger partial charge is 0.329 e. The number of nitrogens with zero attached hydrogens (tertiary/aromatic N) is 8. The van der Waals surface area contributed by atoms with Crippen LogP contribution in [0.15, 0.2) is 36.5 Å².